The van der Waals surface area contributed by atoms with Crippen molar-refractivity contribution in [2.75, 3.05) is 17.2 Å². The number of nitrogens with zero attached hydrogens (tertiary/aromatic N) is 1. The van der Waals surface area contributed by atoms with Crippen molar-refractivity contribution in [3.63, 3.8) is 0 Å². The first-order valence-electron chi connectivity index (χ1n) is 13.2. The predicted molar refractivity (Wildman–Crippen MR) is 146 cm³/mol. The molecule has 0 spiro atoms. The molecule has 1 fully saturated rings. The molecule has 2 aliphatic rings. The third kappa shape index (κ3) is 6.81. The van der Waals surface area contributed by atoms with Crippen LogP contribution in [0.4, 0.5) is 16.2 Å². The number of hydrogen-bond acceptors (Lipinski definition) is 6. The van der Waals surface area contributed by atoms with Crippen molar-refractivity contribution in [3.8, 4) is 0 Å². The van der Waals surface area contributed by atoms with Crippen LogP contribution in [-0.4, -0.2) is 52.8 Å². The highest BCUT2D eigenvalue weighted by Crippen LogP contribution is 2.32. The summed E-state index contributed by atoms with van der Waals surface area (Å²) < 4.78 is 5.15. The Kier molecular flexibility index (Phi) is 8.32. The van der Waals surface area contributed by atoms with Crippen LogP contribution < -0.4 is 16.0 Å². The van der Waals surface area contributed by atoms with Gasteiger partial charge in [0.15, 0.2) is 0 Å². The smallest absolute Gasteiger partial charge is 0.407 e. The fourth-order valence-corrected chi connectivity index (χ4v) is 4.77. The van der Waals surface area contributed by atoms with E-state index in [9.17, 15) is 24.0 Å². The van der Waals surface area contributed by atoms with Gasteiger partial charge in [0.25, 0.3) is 17.7 Å². The molecule has 5 amide bonds. The number of para-hydroxylation sites is 2. The van der Waals surface area contributed by atoms with Crippen LogP contribution in [-0.2, 0) is 9.53 Å². The predicted octanol–water partition coefficient (Wildman–Crippen LogP) is 4.72. The van der Waals surface area contributed by atoms with Crippen molar-refractivity contribution in [1.82, 2.24) is 10.2 Å². The normalized spacial score (nSPS) is 15.5. The maximum absolute atomic E-state index is 13.1. The topological polar surface area (TPSA) is 134 Å². The minimum absolute atomic E-state index is 0.0000199. The zero-order valence-electron chi connectivity index (χ0n) is 22.5. The average molecular weight is 535 g/mol. The molecule has 2 aromatic rings. The quantitative estimate of drug-likeness (QED) is 0.440. The van der Waals surface area contributed by atoms with Gasteiger partial charge >= 0.3 is 6.09 Å². The standard InChI is InChI=1S/C29H34N4O6/c1-29(2,3)39-28(38)30-16-15-24(34)31-22-11-7-8-12-23(22)32-25(35)18-13-14-20-21(17-18)27(37)33(26(20)36)19-9-5-4-6-10-19/h7-8,11-14,17,19H,4-6,9-10,15-16H2,1-3H3,(H,30,38)(H,31,34)(H,32,35). The second-order valence-corrected chi connectivity index (χ2v) is 10.8. The van der Waals surface area contributed by atoms with Crippen molar-refractivity contribution in [2.45, 2.75) is 70.9 Å². The van der Waals surface area contributed by atoms with Crippen LogP contribution in [0.2, 0.25) is 0 Å². The number of hydrogen-bond donors (Lipinski definition) is 3. The van der Waals surface area contributed by atoms with Crippen LogP contribution in [0.25, 0.3) is 0 Å². The highest BCUT2D eigenvalue weighted by molar-refractivity contribution is 6.22. The molecule has 0 saturated heterocycles. The van der Waals surface area contributed by atoms with Crippen molar-refractivity contribution in [2.24, 2.45) is 0 Å². The van der Waals surface area contributed by atoms with E-state index in [1.54, 1.807) is 45.0 Å². The number of ether oxygens (including phenoxy) is 1. The Labute approximate surface area is 227 Å². The van der Waals surface area contributed by atoms with Crippen LogP contribution >= 0.6 is 0 Å². The van der Waals surface area contributed by atoms with Gasteiger partial charge in [-0.2, -0.15) is 0 Å². The van der Waals surface area contributed by atoms with Gasteiger partial charge in [-0.3, -0.25) is 24.1 Å². The number of benzene rings is 2. The Hall–Kier alpha value is -4.21. The van der Waals surface area contributed by atoms with E-state index in [4.69, 9.17) is 4.74 Å². The lowest BCUT2D eigenvalue weighted by Gasteiger charge is -2.29. The second kappa shape index (κ2) is 11.7. The summed E-state index contributed by atoms with van der Waals surface area (Å²) in [6.45, 7) is 5.32. The molecule has 0 atom stereocenters. The maximum Gasteiger partial charge on any atom is 0.407 e. The van der Waals surface area contributed by atoms with Gasteiger partial charge in [0.05, 0.1) is 22.5 Å². The minimum atomic E-state index is -0.639. The second-order valence-electron chi connectivity index (χ2n) is 10.8. The monoisotopic (exact) mass is 534 g/mol. The molecule has 2 aromatic carbocycles. The first-order valence-corrected chi connectivity index (χ1v) is 13.2. The summed E-state index contributed by atoms with van der Waals surface area (Å²) in [5.41, 5.74) is 0.877. The van der Waals surface area contributed by atoms with Crippen molar-refractivity contribution < 1.29 is 28.7 Å². The van der Waals surface area contributed by atoms with Gasteiger partial charge < -0.3 is 20.7 Å². The Morgan fingerprint density at radius 3 is 2.21 bits per heavy atom. The van der Waals surface area contributed by atoms with Gasteiger partial charge in [-0.1, -0.05) is 31.4 Å². The van der Waals surface area contributed by atoms with Crippen LogP contribution in [0.1, 0.15) is 90.4 Å². The first-order chi connectivity index (χ1) is 18.5. The third-order valence-electron chi connectivity index (χ3n) is 6.59. The van der Waals surface area contributed by atoms with E-state index in [1.165, 1.54) is 23.1 Å². The molecule has 1 heterocycles. The minimum Gasteiger partial charge on any atom is -0.444 e. The Balaban J connectivity index is 1.38. The molecule has 1 aliphatic carbocycles. The number of rotatable bonds is 7. The molecule has 3 N–H and O–H groups in total. The lowest BCUT2D eigenvalue weighted by Crippen LogP contribution is -2.40. The summed E-state index contributed by atoms with van der Waals surface area (Å²) in [4.78, 5) is 64.7. The molecule has 0 unspecified atom stereocenters. The summed E-state index contributed by atoms with van der Waals surface area (Å²) in [7, 11) is 0. The van der Waals surface area contributed by atoms with Crippen LogP contribution in [0.15, 0.2) is 42.5 Å². The average Bonchev–Trinajstić information content (AvgIpc) is 3.13. The number of nitrogens with one attached hydrogen (secondary N) is 3. The molecule has 10 heteroatoms. The highest BCUT2D eigenvalue weighted by atomic mass is 16.6. The summed E-state index contributed by atoms with van der Waals surface area (Å²) in [5, 5.41) is 8.03. The molecular weight excluding hydrogens is 500 g/mol. The summed E-state index contributed by atoms with van der Waals surface area (Å²) in [6, 6.07) is 11.1. The molecule has 1 saturated carbocycles. The lowest BCUT2D eigenvalue weighted by atomic mass is 9.94. The van der Waals surface area contributed by atoms with Crippen LogP contribution in [0, 0.1) is 0 Å². The number of carbonyl (C=O) groups is 5. The Morgan fingerprint density at radius 1 is 0.897 bits per heavy atom. The molecule has 0 bridgehead atoms. The van der Waals surface area contributed by atoms with E-state index in [-0.39, 0.29) is 47.9 Å². The zero-order valence-corrected chi connectivity index (χ0v) is 22.5. The number of fused-ring (bicyclic) bond motifs is 1. The van der Waals surface area contributed by atoms with E-state index >= 15 is 0 Å². The van der Waals surface area contributed by atoms with Crippen LogP contribution in [0.3, 0.4) is 0 Å². The van der Waals surface area contributed by atoms with Gasteiger partial charge in [-0.15, -0.1) is 0 Å². The number of amides is 5. The van der Waals surface area contributed by atoms with E-state index in [2.05, 4.69) is 16.0 Å². The zero-order chi connectivity index (χ0) is 28.2. The SMILES string of the molecule is CC(C)(C)OC(=O)NCCC(=O)Nc1ccccc1NC(=O)c1ccc2c(c1)C(=O)N(C1CCCCC1)C2=O. The van der Waals surface area contributed by atoms with Crippen molar-refractivity contribution in [3.05, 3.63) is 59.2 Å². The molecular formula is C29H34N4O6. The Morgan fingerprint density at radius 2 is 1.54 bits per heavy atom. The maximum atomic E-state index is 13.1. The third-order valence-corrected chi connectivity index (χ3v) is 6.59. The molecule has 4 rings (SSSR count). The van der Waals surface area contributed by atoms with Gasteiger partial charge in [0.1, 0.15) is 5.60 Å². The fourth-order valence-electron chi connectivity index (χ4n) is 4.77. The molecule has 39 heavy (non-hydrogen) atoms. The fraction of sp³-hybridized carbons (Fsp3) is 0.414. The number of carbonyl (C=O) groups excluding carboxylic acids is 5. The molecule has 1 aliphatic heterocycles. The molecule has 10 nitrogen and oxygen atoms in total. The molecule has 0 aromatic heterocycles. The summed E-state index contributed by atoms with van der Waals surface area (Å²) >= 11 is 0. The van der Waals surface area contributed by atoms with Gasteiger partial charge in [-0.25, -0.2) is 4.79 Å². The summed E-state index contributed by atoms with van der Waals surface area (Å²) in [6.07, 6.45) is 4.08. The van der Waals surface area contributed by atoms with Crippen molar-refractivity contribution in [1.29, 1.82) is 0 Å². The van der Waals surface area contributed by atoms with Gasteiger partial charge in [0.2, 0.25) is 5.91 Å². The van der Waals surface area contributed by atoms with E-state index < -0.39 is 17.6 Å². The van der Waals surface area contributed by atoms with Gasteiger partial charge in [-0.05, 0) is 63.9 Å². The number of alkyl carbamates (subject to hydrolysis) is 1. The highest BCUT2D eigenvalue weighted by Gasteiger charge is 2.40. The van der Waals surface area contributed by atoms with E-state index in [1.807, 2.05) is 0 Å². The van der Waals surface area contributed by atoms with Crippen LogP contribution in [0.5, 0.6) is 0 Å². The largest absolute Gasteiger partial charge is 0.444 e. The van der Waals surface area contributed by atoms with E-state index in [0.29, 0.717) is 16.9 Å². The number of anilines is 2. The van der Waals surface area contributed by atoms with Crippen molar-refractivity contribution >= 4 is 41.1 Å². The Bertz CT molecular complexity index is 1290. The lowest BCUT2D eigenvalue weighted by molar-refractivity contribution is -0.116. The number of imide groups is 1. The van der Waals surface area contributed by atoms with E-state index in [0.717, 1.165) is 32.1 Å². The summed E-state index contributed by atoms with van der Waals surface area (Å²) in [5.74, 6) is -1.51. The van der Waals surface area contributed by atoms with Gasteiger partial charge in [0, 0.05) is 24.6 Å². The first kappa shape index (κ1) is 27.8. The molecule has 206 valence electrons. The molecule has 0 radical (unpaired) electrons.